The van der Waals surface area contributed by atoms with Gasteiger partial charge in [0.25, 0.3) is 0 Å². The summed E-state index contributed by atoms with van der Waals surface area (Å²) in [5.41, 5.74) is 5.04. The first-order valence-corrected chi connectivity index (χ1v) is 12.0. The summed E-state index contributed by atoms with van der Waals surface area (Å²) < 4.78 is 5.80. The Kier molecular flexibility index (Phi) is 6.15. The maximum atomic E-state index is 12.7. The maximum absolute atomic E-state index is 12.7. The van der Waals surface area contributed by atoms with Crippen LogP contribution in [0.4, 0.5) is 4.79 Å². The van der Waals surface area contributed by atoms with E-state index in [1.807, 2.05) is 4.90 Å². The Hall–Kier alpha value is -2.11. The van der Waals surface area contributed by atoms with Gasteiger partial charge >= 0.3 is 6.09 Å². The standard InChI is InChI=1S/C25H30ClN3O2/c26-20-16-19-11-10-18-6-4-5-9-22(18)24(23(19)27-17-20)28-12-14-29(15-13-28)25(30)31-21-7-2-1-3-8-21/h4-6,9,16-17,21,24H,1-3,7-8,10-15H2. The molecule has 2 aliphatic carbocycles. The zero-order valence-corrected chi connectivity index (χ0v) is 18.7. The second kappa shape index (κ2) is 9.17. The number of ether oxygens (including phenoxy) is 1. The van der Waals surface area contributed by atoms with Crippen LogP contribution in [0.1, 0.15) is 60.5 Å². The van der Waals surface area contributed by atoms with Crippen LogP contribution in [0.15, 0.2) is 36.5 Å². The zero-order valence-electron chi connectivity index (χ0n) is 17.9. The maximum Gasteiger partial charge on any atom is 0.410 e. The monoisotopic (exact) mass is 439 g/mol. The number of halogens is 1. The van der Waals surface area contributed by atoms with E-state index in [0.717, 1.165) is 44.5 Å². The van der Waals surface area contributed by atoms with Gasteiger partial charge in [-0.05, 0) is 61.3 Å². The summed E-state index contributed by atoms with van der Waals surface area (Å²) in [5, 5.41) is 0.693. The molecule has 0 spiro atoms. The first kappa shape index (κ1) is 20.8. The second-order valence-corrected chi connectivity index (χ2v) is 9.40. The molecular weight excluding hydrogens is 410 g/mol. The van der Waals surface area contributed by atoms with Gasteiger partial charge in [-0.3, -0.25) is 9.88 Å². The van der Waals surface area contributed by atoms with Crippen molar-refractivity contribution >= 4 is 17.7 Å². The van der Waals surface area contributed by atoms with E-state index < -0.39 is 0 Å². The van der Waals surface area contributed by atoms with Gasteiger partial charge in [-0.2, -0.15) is 0 Å². The van der Waals surface area contributed by atoms with Gasteiger partial charge in [-0.15, -0.1) is 0 Å². The third kappa shape index (κ3) is 4.44. The normalized spacial score (nSPS) is 22.4. The molecule has 1 atom stereocenters. The molecule has 0 N–H and O–H groups in total. The molecule has 6 heteroatoms. The minimum atomic E-state index is -0.141. The molecule has 31 heavy (non-hydrogen) atoms. The number of carbonyl (C=O) groups excluding carboxylic acids is 1. The lowest BCUT2D eigenvalue weighted by molar-refractivity contribution is 0.0292. The highest BCUT2D eigenvalue weighted by Crippen LogP contribution is 2.37. The Morgan fingerprint density at radius 1 is 1.00 bits per heavy atom. The fourth-order valence-corrected chi connectivity index (χ4v) is 5.50. The number of nitrogens with zero attached hydrogens (tertiary/aromatic N) is 3. The Labute approximate surface area is 189 Å². The fourth-order valence-electron chi connectivity index (χ4n) is 5.32. The number of hydrogen-bond acceptors (Lipinski definition) is 4. The quantitative estimate of drug-likeness (QED) is 0.659. The van der Waals surface area contributed by atoms with Crippen molar-refractivity contribution < 1.29 is 9.53 Å². The summed E-state index contributed by atoms with van der Waals surface area (Å²) in [6, 6.07) is 10.9. The summed E-state index contributed by atoms with van der Waals surface area (Å²) in [7, 11) is 0. The van der Waals surface area contributed by atoms with Crippen LogP contribution in [-0.2, 0) is 17.6 Å². The van der Waals surface area contributed by atoms with Crippen LogP contribution in [0, 0.1) is 0 Å². The highest BCUT2D eigenvalue weighted by Gasteiger charge is 2.34. The number of amides is 1. The first-order valence-electron chi connectivity index (χ1n) is 11.6. The number of fused-ring (bicyclic) bond motifs is 2. The van der Waals surface area contributed by atoms with Crippen molar-refractivity contribution in [1.82, 2.24) is 14.8 Å². The number of benzene rings is 1. The van der Waals surface area contributed by atoms with Gasteiger partial charge in [0.2, 0.25) is 0 Å². The van der Waals surface area contributed by atoms with E-state index in [0.29, 0.717) is 18.1 Å². The molecule has 1 saturated heterocycles. The van der Waals surface area contributed by atoms with Gasteiger partial charge in [0.15, 0.2) is 0 Å². The second-order valence-electron chi connectivity index (χ2n) is 8.97. The fraction of sp³-hybridized carbons (Fsp3) is 0.520. The number of pyridine rings is 1. The zero-order chi connectivity index (χ0) is 21.2. The average Bonchev–Trinajstić information content (AvgIpc) is 2.96. The van der Waals surface area contributed by atoms with Crippen molar-refractivity contribution in [1.29, 1.82) is 0 Å². The molecule has 3 aliphatic rings. The molecular formula is C25H30ClN3O2. The van der Waals surface area contributed by atoms with E-state index in [1.165, 1.54) is 36.0 Å². The first-order chi connectivity index (χ1) is 15.2. The molecule has 5 rings (SSSR count). The summed E-state index contributed by atoms with van der Waals surface area (Å²) >= 11 is 6.27. The van der Waals surface area contributed by atoms with Crippen molar-refractivity contribution in [3.63, 3.8) is 0 Å². The predicted octanol–water partition coefficient (Wildman–Crippen LogP) is 5.01. The van der Waals surface area contributed by atoms with Gasteiger partial charge in [0.05, 0.1) is 16.8 Å². The third-order valence-corrected chi connectivity index (χ3v) is 7.20. The molecule has 1 aliphatic heterocycles. The van der Waals surface area contributed by atoms with Crippen molar-refractivity contribution in [3.05, 3.63) is 63.9 Å². The van der Waals surface area contributed by atoms with E-state index >= 15 is 0 Å². The van der Waals surface area contributed by atoms with E-state index in [4.69, 9.17) is 21.3 Å². The Morgan fingerprint density at radius 2 is 1.74 bits per heavy atom. The number of rotatable bonds is 2. The van der Waals surface area contributed by atoms with Gasteiger partial charge in [0.1, 0.15) is 6.10 Å². The minimum Gasteiger partial charge on any atom is -0.446 e. The number of aromatic nitrogens is 1. The van der Waals surface area contributed by atoms with Crippen molar-refractivity contribution in [3.8, 4) is 0 Å². The van der Waals surface area contributed by atoms with E-state index in [1.54, 1.807) is 6.20 Å². The topological polar surface area (TPSA) is 45.7 Å². The smallest absolute Gasteiger partial charge is 0.410 e. The number of aryl methyl sites for hydroxylation is 2. The summed E-state index contributed by atoms with van der Waals surface area (Å²) in [4.78, 5) is 21.8. The van der Waals surface area contributed by atoms with Crippen LogP contribution in [0.3, 0.4) is 0 Å². The lowest BCUT2D eigenvalue weighted by atomic mass is 9.96. The van der Waals surface area contributed by atoms with Crippen LogP contribution < -0.4 is 0 Å². The number of piperazine rings is 1. The molecule has 2 fully saturated rings. The largest absolute Gasteiger partial charge is 0.446 e. The van der Waals surface area contributed by atoms with Crippen molar-refractivity contribution in [2.45, 2.75) is 57.1 Å². The number of hydrogen-bond donors (Lipinski definition) is 0. The lowest BCUT2D eigenvalue weighted by Crippen LogP contribution is -2.50. The van der Waals surface area contributed by atoms with Crippen molar-refractivity contribution in [2.24, 2.45) is 0 Å². The van der Waals surface area contributed by atoms with E-state index in [9.17, 15) is 4.79 Å². The SMILES string of the molecule is O=C(OC1CCCCC1)N1CCN(C2c3ccccc3CCc3cc(Cl)cnc32)CC1. The van der Waals surface area contributed by atoms with Crippen LogP contribution in [0.2, 0.25) is 5.02 Å². The van der Waals surface area contributed by atoms with Crippen LogP contribution in [0.25, 0.3) is 0 Å². The summed E-state index contributed by atoms with van der Waals surface area (Å²) in [6.07, 6.45) is 9.29. The molecule has 1 aromatic carbocycles. The molecule has 1 amide bonds. The molecule has 164 valence electrons. The van der Waals surface area contributed by atoms with E-state index in [-0.39, 0.29) is 18.2 Å². The molecule has 2 heterocycles. The molecule has 0 radical (unpaired) electrons. The lowest BCUT2D eigenvalue weighted by Gasteiger charge is -2.39. The van der Waals surface area contributed by atoms with Gasteiger partial charge < -0.3 is 9.64 Å². The Morgan fingerprint density at radius 3 is 2.55 bits per heavy atom. The molecule has 1 unspecified atom stereocenters. The molecule has 1 saturated carbocycles. The van der Waals surface area contributed by atoms with Gasteiger partial charge in [-0.25, -0.2) is 4.79 Å². The highest BCUT2D eigenvalue weighted by atomic mass is 35.5. The Balaban J connectivity index is 1.33. The van der Waals surface area contributed by atoms with Crippen LogP contribution >= 0.6 is 11.6 Å². The highest BCUT2D eigenvalue weighted by molar-refractivity contribution is 6.30. The molecule has 1 aromatic heterocycles. The van der Waals surface area contributed by atoms with Gasteiger partial charge in [0, 0.05) is 32.4 Å². The average molecular weight is 440 g/mol. The van der Waals surface area contributed by atoms with Crippen molar-refractivity contribution in [2.75, 3.05) is 26.2 Å². The molecule has 0 bridgehead atoms. The predicted molar refractivity (Wildman–Crippen MR) is 121 cm³/mol. The number of carbonyl (C=O) groups is 1. The van der Waals surface area contributed by atoms with Crippen LogP contribution in [-0.4, -0.2) is 53.2 Å². The Bertz CT molecular complexity index is 936. The molecule has 5 nitrogen and oxygen atoms in total. The van der Waals surface area contributed by atoms with Gasteiger partial charge in [-0.1, -0.05) is 42.3 Å². The third-order valence-electron chi connectivity index (χ3n) is 7.00. The summed E-state index contributed by atoms with van der Waals surface area (Å²) in [5.74, 6) is 0. The van der Waals surface area contributed by atoms with Crippen LogP contribution in [0.5, 0.6) is 0 Å². The van der Waals surface area contributed by atoms with E-state index in [2.05, 4.69) is 35.2 Å². The minimum absolute atomic E-state index is 0.0995. The molecule has 2 aromatic rings. The summed E-state index contributed by atoms with van der Waals surface area (Å²) in [6.45, 7) is 2.99.